The van der Waals surface area contributed by atoms with E-state index in [1.807, 2.05) is 0 Å². The van der Waals surface area contributed by atoms with Gasteiger partial charge in [0, 0.05) is 31.2 Å². The van der Waals surface area contributed by atoms with Crippen LogP contribution in [0.15, 0.2) is 0 Å². The molecule has 0 amide bonds. The van der Waals surface area contributed by atoms with Gasteiger partial charge < -0.3 is 5.32 Å². The van der Waals surface area contributed by atoms with Crippen molar-refractivity contribution in [3.63, 3.8) is 0 Å². The zero-order valence-electron chi connectivity index (χ0n) is 10.1. The summed E-state index contributed by atoms with van der Waals surface area (Å²) in [5, 5.41) is 3.64. The van der Waals surface area contributed by atoms with Crippen LogP contribution in [0, 0.1) is 11.8 Å². The molecule has 2 bridgehead atoms. The van der Waals surface area contributed by atoms with Crippen molar-refractivity contribution in [2.45, 2.75) is 57.7 Å². The van der Waals surface area contributed by atoms with E-state index in [0.717, 1.165) is 17.9 Å². The number of fused-ring (bicyclic) bond motifs is 2. The smallest absolute Gasteiger partial charge is 0.0169 e. The zero-order valence-corrected chi connectivity index (χ0v) is 10.1. The minimum absolute atomic E-state index is 0.688. The van der Waals surface area contributed by atoms with Crippen molar-refractivity contribution >= 4 is 0 Å². The molecule has 3 fully saturated rings. The highest BCUT2D eigenvalue weighted by molar-refractivity contribution is 4.97. The van der Waals surface area contributed by atoms with Crippen LogP contribution in [0.2, 0.25) is 0 Å². The van der Waals surface area contributed by atoms with E-state index in [4.69, 9.17) is 0 Å². The summed E-state index contributed by atoms with van der Waals surface area (Å²) in [6.07, 6.45) is 6.09. The molecule has 2 saturated carbocycles. The molecular weight excluding hydrogens is 184 g/mol. The van der Waals surface area contributed by atoms with E-state index in [1.54, 1.807) is 0 Å². The van der Waals surface area contributed by atoms with Crippen molar-refractivity contribution in [1.29, 1.82) is 0 Å². The second-order valence-corrected chi connectivity index (χ2v) is 6.16. The number of rotatable bonds is 1. The molecule has 0 spiro atoms. The first-order chi connectivity index (χ1) is 7.22. The Balaban J connectivity index is 1.66. The van der Waals surface area contributed by atoms with E-state index < -0.39 is 0 Å². The first-order valence-corrected chi connectivity index (χ1v) is 6.72. The minimum atomic E-state index is 0.688. The van der Waals surface area contributed by atoms with Crippen LogP contribution < -0.4 is 5.32 Å². The number of nitrogens with zero attached hydrogens (tertiary/aromatic N) is 1. The van der Waals surface area contributed by atoms with E-state index in [2.05, 4.69) is 24.1 Å². The van der Waals surface area contributed by atoms with E-state index in [0.29, 0.717) is 12.1 Å². The SMILES string of the molecule is CC1CN(C2CC3CCC2C3)CC(C)N1. The topological polar surface area (TPSA) is 15.3 Å². The highest BCUT2D eigenvalue weighted by Crippen LogP contribution is 2.46. The normalized spacial score (nSPS) is 51.2. The van der Waals surface area contributed by atoms with Gasteiger partial charge >= 0.3 is 0 Å². The van der Waals surface area contributed by atoms with Gasteiger partial charge in [-0.05, 0) is 44.9 Å². The molecule has 86 valence electrons. The number of nitrogens with one attached hydrogen (secondary N) is 1. The summed E-state index contributed by atoms with van der Waals surface area (Å²) < 4.78 is 0. The largest absolute Gasteiger partial charge is 0.309 e. The molecule has 3 rings (SSSR count). The van der Waals surface area contributed by atoms with Crippen LogP contribution in [0.5, 0.6) is 0 Å². The van der Waals surface area contributed by atoms with Crippen molar-refractivity contribution in [2.75, 3.05) is 13.1 Å². The molecule has 1 saturated heterocycles. The maximum Gasteiger partial charge on any atom is 0.0169 e. The predicted molar refractivity (Wildman–Crippen MR) is 62.9 cm³/mol. The fraction of sp³-hybridized carbons (Fsp3) is 1.00. The summed E-state index contributed by atoms with van der Waals surface area (Å²) in [5.41, 5.74) is 0. The minimum Gasteiger partial charge on any atom is -0.309 e. The number of piperazine rings is 1. The second kappa shape index (κ2) is 3.74. The molecule has 0 radical (unpaired) electrons. The zero-order chi connectivity index (χ0) is 10.4. The molecule has 3 aliphatic rings. The fourth-order valence-corrected chi connectivity index (χ4v) is 4.30. The van der Waals surface area contributed by atoms with Crippen molar-refractivity contribution in [1.82, 2.24) is 10.2 Å². The van der Waals surface area contributed by atoms with Crippen molar-refractivity contribution < 1.29 is 0 Å². The van der Waals surface area contributed by atoms with Crippen LogP contribution in [0.25, 0.3) is 0 Å². The van der Waals surface area contributed by atoms with E-state index in [1.165, 1.54) is 38.8 Å². The van der Waals surface area contributed by atoms with Crippen molar-refractivity contribution in [2.24, 2.45) is 11.8 Å². The molecule has 1 heterocycles. The Hall–Kier alpha value is -0.0800. The lowest BCUT2D eigenvalue weighted by Gasteiger charge is -2.42. The molecular formula is C13H24N2. The van der Waals surface area contributed by atoms with Gasteiger partial charge in [0.25, 0.3) is 0 Å². The molecule has 1 N–H and O–H groups in total. The molecule has 0 aromatic rings. The van der Waals surface area contributed by atoms with Crippen LogP contribution in [0.1, 0.15) is 39.5 Å². The van der Waals surface area contributed by atoms with Crippen molar-refractivity contribution in [3.05, 3.63) is 0 Å². The molecule has 2 aliphatic carbocycles. The van der Waals surface area contributed by atoms with Crippen LogP contribution in [0.3, 0.4) is 0 Å². The molecule has 5 unspecified atom stereocenters. The Bertz CT molecular complexity index is 231. The summed E-state index contributed by atoms with van der Waals surface area (Å²) in [6, 6.07) is 2.32. The van der Waals surface area contributed by atoms with E-state index in [9.17, 15) is 0 Å². The van der Waals surface area contributed by atoms with Crippen LogP contribution in [0.4, 0.5) is 0 Å². The van der Waals surface area contributed by atoms with Gasteiger partial charge in [0.05, 0.1) is 0 Å². The lowest BCUT2D eigenvalue weighted by Crippen LogP contribution is -2.57. The van der Waals surface area contributed by atoms with Gasteiger partial charge in [0.2, 0.25) is 0 Å². The van der Waals surface area contributed by atoms with Gasteiger partial charge in [-0.15, -0.1) is 0 Å². The Labute approximate surface area is 93.4 Å². The average molecular weight is 208 g/mol. The summed E-state index contributed by atoms with van der Waals surface area (Å²) >= 11 is 0. The van der Waals surface area contributed by atoms with Gasteiger partial charge in [-0.2, -0.15) is 0 Å². The van der Waals surface area contributed by atoms with Gasteiger partial charge in [-0.1, -0.05) is 6.42 Å². The highest BCUT2D eigenvalue weighted by Gasteiger charge is 2.43. The molecule has 2 heteroatoms. The maximum absolute atomic E-state index is 3.64. The maximum atomic E-state index is 3.64. The molecule has 0 aromatic heterocycles. The molecule has 0 aromatic carbocycles. The van der Waals surface area contributed by atoms with E-state index in [-0.39, 0.29) is 0 Å². The lowest BCUT2D eigenvalue weighted by atomic mass is 9.92. The van der Waals surface area contributed by atoms with Gasteiger partial charge in [-0.25, -0.2) is 0 Å². The average Bonchev–Trinajstić information content (AvgIpc) is 2.76. The van der Waals surface area contributed by atoms with Crippen LogP contribution in [-0.2, 0) is 0 Å². The monoisotopic (exact) mass is 208 g/mol. The molecule has 2 nitrogen and oxygen atoms in total. The van der Waals surface area contributed by atoms with Gasteiger partial charge in [0.1, 0.15) is 0 Å². The number of hydrogen-bond donors (Lipinski definition) is 1. The third-order valence-corrected chi connectivity index (χ3v) is 4.76. The lowest BCUT2D eigenvalue weighted by molar-refractivity contribution is 0.0890. The third kappa shape index (κ3) is 1.83. The second-order valence-electron chi connectivity index (χ2n) is 6.16. The summed E-state index contributed by atoms with van der Waals surface area (Å²) in [4.78, 5) is 2.79. The Morgan fingerprint density at radius 3 is 2.27 bits per heavy atom. The van der Waals surface area contributed by atoms with Crippen LogP contribution >= 0.6 is 0 Å². The first kappa shape index (κ1) is 10.1. The van der Waals surface area contributed by atoms with Gasteiger partial charge in [0.15, 0.2) is 0 Å². The first-order valence-electron chi connectivity index (χ1n) is 6.72. The number of hydrogen-bond acceptors (Lipinski definition) is 2. The Morgan fingerprint density at radius 2 is 1.73 bits per heavy atom. The van der Waals surface area contributed by atoms with Crippen molar-refractivity contribution in [3.8, 4) is 0 Å². The quantitative estimate of drug-likeness (QED) is 0.707. The summed E-state index contributed by atoms with van der Waals surface area (Å²) in [7, 11) is 0. The molecule has 1 aliphatic heterocycles. The molecule has 15 heavy (non-hydrogen) atoms. The summed E-state index contributed by atoms with van der Waals surface area (Å²) in [6.45, 7) is 7.21. The predicted octanol–water partition coefficient (Wildman–Crippen LogP) is 1.86. The summed E-state index contributed by atoms with van der Waals surface area (Å²) in [5.74, 6) is 2.13. The highest BCUT2D eigenvalue weighted by atomic mass is 15.2. The Kier molecular flexibility index (Phi) is 2.52. The molecule has 5 atom stereocenters. The van der Waals surface area contributed by atoms with Crippen LogP contribution in [-0.4, -0.2) is 36.1 Å². The fourth-order valence-electron chi connectivity index (χ4n) is 4.30. The standard InChI is InChI=1S/C13H24N2/c1-9-7-15(8-10(2)14-9)13-6-11-3-4-12(13)5-11/h9-14H,3-8H2,1-2H3. The third-order valence-electron chi connectivity index (χ3n) is 4.76. The van der Waals surface area contributed by atoms with Gasteiger partial charge in [-0.3, -0.25) is 4.90 Å². The van der Waals surface area contributed by atoms with E-state index >= 15 is 0 Å². The Morgan fingerprint density at radius 1 is 1.00 bits per heavy atom.